The molecular formula is C23H19F3N4O2. The summed E-state index contributed by atoms with van der Waals surface area (Å²) in [5.41, 5.74) is 1.24. The third-order valence-corrected chi connectivity index (χ3v) is 4.89. The summed E-state index contributed by atoms with van der Waals surface area (Å²) in [5.74, 6) is -0.822. The molecule has 0 saturated carbocycles. The Balaban J connectivity index is 1.67. The maximum atomic E-state index is 13.9. The Hall–Kier alpha value is -3.88. The van der Waals surface area contributed by atoms with Crippen LogP contribution in [0.2, 0.25) is 0 Å². The molecule has 2 aromatic carbocycles. The third kappa shape index (κ3) is 4.27. The average molecular weight is 440 g/mol. The van der Waals surface area contributed by atoms with E-state index >= 15 is 0 Å². The number of nitrogens with zero attached hydrogens (tertiary/aromatic N) is 3. The van der Waals surface area contributed by atoms with Gasteiger partial charge in [-0.2, -0.15) is 23.3 Å². The van der Waals surface area contributed by atoms with E-state index in [4.69, 9.17) is 4.74 Å². The van der Waals surface area contributed by atoms with E-state index in [-0.39, 0.29) is 22.6 Å². The number of fused-ring (bicyclic) bond motifs is 1. The lowest BCUT2D eigenvalue weighted by Crippen LogP contribution is -2.21. The Morgan fingerprint density at radius 2 is 1.78 bits per heavy atom. The van der Waals surface area contributed by atoms with Gasteiger partial charge in [0, 0.05) is 24.4 Å². The lowest BCUT2D eigenvalue weighted by molar-refractivity contribution is -0.136. The Morgan fingerprint density at radius 1 is 1.09 bits per heavy atom. The van der Waals surface area contributed by atoms with Crippen LogP contribution in [0.4, 0.5) is 18.9 Å². The van der Waals surface area contributed by atoms with Crippen LogP contribution >= 0.6 is 0 Å². The number of halogens is 3. The molecule has 0 aliphatic heterocycles. The molecule has 0 spiro atoms. The Morgan fingerprint density at radius 3 is 2.47 bits per heavy atom. The molecule has 1 N–H and O–H groups in total. The van der Waals surface area contributed by atoms with Gasteiger partial charge in [-0.3, -0.25) is 4.79 Å². The molecule has 4 aromatic rings. The van der Waals surface area contributed by atoms with Crippen molar-refractivity contribution in [1.82, 2.24) is 14.8 Å². The van der Waals surface area contributed by atoms with E-state index in [1.807, 2.05) is 19.1 Å². The predicted octanol–water partition coefficient (Wildman–Crippen LogP) is 4.98. The minimum Gasteiger partial charge on any atom is -0.467 e. The van der Waals surface area contributed by atoms with Crippen LogP contribution in [0.5, 0.6) is 5.88 Å². The van der Waals surface area contributed by atoms with Crippen molar-refractivity contribution in [3.63, 3.8) is 0 Å². The van der Waals surface area contributed by atoms with Crippen LogP contribution in [0.3, 0.4) is 0 Å². The van der Waals surface area contributed by atoms with Crippen LogP contribution < -0.4 is 10.1 Å². The summed E-state index contributed by atoms with van der Waals surface area (Å²) in [6, 6.07) is 16.5. The molecule has 164 valence electrons. The number of anilines is 1. The van der Waals surface area contributed by atoms with E-state index < -0.39 is 24.3 Å². The first-order valence-corrected chi connectivity index (χ1v) is 9.72. The highest BCUT2D eigenvalue weighted by Crippen LogP contribution is 2.40. The Kier molecular flexibility index (Phi) is 5.56. The summed E-state index contributed by atoms with van der Waals surface area (Å²) < 4.78 is 48.4. The fraction of sp³-hybridized carbons (Fsp3) is 0.174. The van der Waals surface area contributed by atoms with Gasteiger partial charge in [0.05, 0.1) is 10.9 Å². The van der Waals surface area contributed by atoms with Crippen LogP contribution in [0.15, 0.2) is 60.7 Å². The fourth-order valence-corrected chi connectivity index (χ4v) is 3.36. The zero-order valence-electron chi connectivity index (χ0n) is 17.3. The van der Waals surface area contributed by atoms with Gasteiger partial charge in [0.1, 0.15) is 5.69 Å². The minimum atomic E-state index is -4.67. The number of hydrogen-bond acceptors (Lipinski definition) is 4. The number of aryl methyl sites for hydroxylation is 2. The highest BCUT2D eigenvalue weighted by Gasteiger charge is 2.36. The normalized spacial score (nSPS) is 11.5. The van der Waals surface area contributed by atoms with Crippen LogP contribution in [-0.4, -0.2) is 27.3 Å². The molecule has 0 aliphatic rings. The molecule has 0 bridgehead atoms. The summed E-state index contributed by atoms with van der Waals surface area (Å²) in [6.45, 7) is 1.34. The minimum absolute atomic E-state index is 0.00740. The molecule has 0 atom stereocenters. The van der Waals surface area contributed by atoms with Crippen LogP contribution in [0.25, 0.3) is 22.3 Å². The van der Waals surface area contributed by atoms with Gasteiger partial charge in [-0.1, -0.05) is 48.5 Å². The first-order valence-electron chi connectivity index (χ1n) is 9.72. The van der Waals surface area contributed by atoms with Crippen molar-refractivity contribution in [2.75, 3.05) is 11.9 Å². The number of para-hydroxylation sites is 1. The zero-order valence-corrected chi connectivity index (χ0v) is 17.3. The summed E-state index contributed by atoms with van der Waals surface area (Å²) in [5, 5.41) is 6.80. The summed E-state index contributed by atoms with van der Waals surface area (Å²) >= 11 is 0. The van der Waals surface area contributed by atoms with E-state index in [1.54, 1.807) is 42.5 Å². The number of ether oxygens (including phenoxy) is 1. The molecule has 0 saturated heterocycles. The van der Waals surface area contributed by atoms with Gasteiger partial charge in [0.25, 0.3) is 5.91 Å². The van der Waals surface area contributed by atoms with E-state index in [9.17, 15) is 18.0 Å². The molecule has 0 radical (unpaired) electrons. The standard InChI is InChI=1S/C23H19F3N4O2/c1-14-8-6-7-11-17(14)27-18(31)13-32-19-12-16(23(24,25)26)20-21(15-9-4-3-5-10-15)29-30(2)22(20)28-19/h3-12H,13H2,1-2H3,(H,27,31). The largest absolute Gasteiger partial charge is 0.467 e. The second-order valence-corrected chi connectivity index (χ2v) is 7.19. The van der Waals surface area contributed by atoms with Gasteiger partial charge < -0.3 is 10.1 Å². The lowest BCUT2D eigenvalue weighted by atomic mass is 10.0. The first kappa shape index (κ1) is 21.4. The monoisotopic (exact) mass is 440 g/mol. The van der Waals surface area contributed by atoms with Crippen molar-refractivity contribution in [3.8, 4) is 17.1 Å². The van der Waals surface area contributed by atoms with Crippen molar-refractivity contribution < 1.29 is 22.7 Å². The van der Waals surface area contributed by atoms with Crippen molar-refractivity contribution in [1.29, 1.82) is 0 Å². The number of nitrogens with one attached hydrogen (secondary N) is 1. The van der Waals surface area contributed by atoms with Gasteiger partial charge >= 0.3 is 6.18 Å². The highest BCUT2D eigenvalue weighted by atomic mass is 19.4. The van der Waals surface area contributed by atoms with E-state index in [1.165, 1.54) is 11.7 Å². The zero-order chi connectivity index (χ0) is 22.9. The Bertz CT molecular complexity index is 1280. The molecule has 4 rings (SSSR count). The molecule has 0 unspecified atom stereocenters. The van der Waals surface area contributed by atoms with Crippen molar-refractivity contribution >= 4 is 22.6 Å². The molecule has 2 heterocycles. The molecule has 2 aromatic heterocycles. The van der Waals surface area contributed by atoms with E-state index in [2.05, 4.69) is 15.4 Å². The molecule has 32 heavy (non-hydrogen) atoms. The molecule has 9 heteroatoms. The van der Waals surface area contributed by atoms with Crippen LogP contribution in [0, 0.1) is 6.92 Å². The maximum Gasteiger partial charge on any atom is 0.417 e. The number of pyridine rings is 1. The number of carbonyl (C=O) groups is 1. The van der Waals surface area contributed by atoms with Gasteiger partial charge in [0.15, 0.2) is 12.3 Å². The van der Waals surface area contributed by atoms with Crippen molar-refractivity contribution in [2.24, 2.45) is 7.05 Å². The van der Waals surface area contributed by atoms with Crippen molar-refractivity contribution in [3.05, 3.63) is 71.8 Å². The number of hydrogen-bond donors (Lipinski definition) is 1. The topological polar surface area (TPSA) is 69.0 Å². The Labute approximate surface area is 181 Å². The predicted molar refractivity (Wildman–Crippen MR) is 114 cm³/mol. The molecular weight excluding hydrogens is 421 g/mol. The number of carbonyl (C=O) groups excluding carboxylic acids is 1. The molecule has 0 aliphatic carbocycles. The number of benzene rings is 2. The van der Waals surface area contributed by atoms with Gasteiger partial charge in [-0.05, 0) is 18.6 Å². The van der Waals surface area contributed by atoms with E-state index in [0.717, 1.165) is 11.6 Å². The maximum absolute atomic E-state index is 13.9. The SMILES string of the molecule is Cc1ccccc1NC(=O)COc1cc(C(F)(F)F)c2c(-c3ccccc3)nn(C)c2n1. The summed E-state index contributed by atoms with van der Waals surface area (Å²) in [6.07, 6.45) is -4.67. The number of alkyl halides is 3. The number of aromatic nitrogens is 3. The molecule has 1 amide bonds. The fourth-order valence-electron chi connectivity index (χ4n) is 3.36. The van der Waals surface area contributed by atoms with Crippen molar-refractivity contribution in [2.45, 2.75) is 13.1 Å². The number of amides is 1. The quantitative estimate of drug-likeness (QED) is 0.475. The number of rotatable bonds is 5. The average Bonchev–Trinajstić information content (AvgIpc) is 3.10. The molecule has 0 fully saturated rings. The van der Waals surface area contributed by atoms with Gasteiger partial charge in [-0.15, -0.1) is 0 Å². The van der Waals surface area contributed by atoms with Gasteiger partial charge in [0.2, 0.25) is 5.88 Å². The second kappa shape index (κ2) is 8.33. The lowest BCUT2D eigenvalue weighted by Gasteiger charge is -2.13. The summed E-state index contributed by atoms with van der Waals surface area (Å²) in [7, 11) is 1.51. The van der Waals surface area contributed by atoms with E-state index in [0.29, 0.717) is 11.3 Å². The van der Waals surface area contributed by atoms with Gasteiger partial charge in [-0.25, -0.2) is 4.68 Å². The molecule has 6 nitrogen and oxygen atoms in total. The van der Waals surface area contributed by atoms with Crippen LogP contribution in [0.1, 0.15) is 11.1 Å². The third-order valence-electron chi connectivity index (χ3n) is 4.89. The second-order valence-electron chi connectivity index (χ2n) is 7.19. The van der Waals surface area contributed by atoms with Crippen LogP contribution in [-0.2, 0) is 18.0 Å². The summed E-state index contributed by atoms with van der Waals surface area (Å²) in [4.78, 5) is 16.4. The first-order chi connectivity index (χ1) is 15.2. The highest BCUT2D eigenvalue weighted by molar-refractivity contribution is 5.95. The smallest absolute Gasteiger partial charge is 0.417 e.